The molecule has 0 unspecified atom stereocenters. The molecule has 0 amide bonds. The van der Waals surface area contributed by atoms with E-state index < -0.39 is 0 Å². The summed E-state index contributed by atoms with van der Waals surface area (Å²) in [7, 11) is 0. The van der Waals surface area contributed by atoms with Gasteiger partial charge in [0, 0.05) is 6.21 Å². The minimum absolute atomic E-state index is 0.0132. The molecule has 1 rings (SSSR count). The van der Waals surface area contributed by atoms with Crippen LogP contribution in [-0.2, 0) is 11.8 Å². The highest BCUT2D eigenvalue weighted by atomic mass is 15.3. The summed E-state index contributed by atoms with van der Waals surface area (Å²) in [4.78, 5) is 0. The predicted octanol–water partition coefficient (Wildman–Crippen LogP) is 2.18. The number of guanidine groups is 1. The maximum Gasteiger partial charge on any atom is 0.211 e. The van der Waals surface area contributed by atoms with Crippen LogP contribution in [-0.4, -0.2) is 12.2 Å². The first-order chi connectivity index (χ1) is 8.39. The van der Waals surface area contributed by atoms with Gasteiger partial charge in [-0.2, -0.15) is 5.10 Å². The van der Waals surface area contributed by atoms with Crippen molar-refractivity contribution >= 4 is 12.2 Å². The molecule has 0 saturated heterocycles. The summed E-state index contributed by atoms with van der Waals surface area (Å²) in [5.41, 5.74) is 13.2. The molecule has 0 spiro atoms. The van der Waals surface area contributed by atoms with Crippen LogP contribution in [0.15, 0.2) is 34.5 Å². The van der Waals surface area contributed by atoms with E-state index in [-0.39, 0.29) is 11.4 Å². The first kappa shape index (κ1) is 14.2. The van der Waals surface area contributed by atoms with E-state index >= 15 is 0 Å². The van der Waals surface area contributed by atoms with Gasteiger partial charge in [-0.1, -0.05) is 45.0 Å². The second-order valence-electron chi connectivity index (χ2n) is 5.31. The fraction of sp³-hybridized carbons (Fsp3) is 0.429. The Hall–Kier alpha value is -1.84. The fourth-order valence-corrected chi connectivity index (χ4v) is 1.57. The molecule has 0 atom stereocenters. The molecule has 4 heteroatoms. The van der Waals surface area contributed by atoms with E-state index in [2.05, 4.69) is 55.2 Å². The maximum absolute atomic E-state index is 5.16. The van der Waals surface area contributed by atoms with Crippen molar-refractivity contribution in [3.63, 3.8) is 0 Å². The average molecular weight is 246 g/mol. The van der Waals surface area contributed by atoms with Crippen molar-refractivity contribution in [2.24, 2.45) is 21.7 Å². The summed E-state index contributed by atoms with van der Waals surface area (Å²) >= 11 is 0. The van der Waals surface area contributed by atoms with E-state index in [1.807, 2.05) is 0 Å². The summed E-state index contributed by atoms with van der Waals surface area (Å²) in [5.74, 6) is -0.0132. The van der Waals surface area contributed by atoms with Crippen molar-refractivity contribution in [3.05, 3.63) is 35.4 Å². The molecule has 1 aromatic rings. The van der Waals surface area contributed by atoms with Gasteiger partial charge in [0.2, 0.25) is 5.96 Å². The molecule has 0 fully saturated rings. The highest BCUT2D eigenvalue weighted by Crippen LogP contribution is 2.22. The maximum atomic E-state index is 5.16. The van der Waals surface area contributed by atoms with Gasteiger partial charge in [-0.05, 0) is 29.4 Å². The van der Waals surface area contributed by atoms with Gasteiger partial charge in [0.05, 0.1) is 0 Å². The lowest BCUT2D eigenvalue weighted by molar-refractivity contribution is 0.590. The van der Waals surface area contributed by atoms with E-state index in [1.165, 1.54) is 11.1 Å². The van der Waals surface area contributed by atoms with Crippen molar-refractivity contribution in [2.45, 2.75) is 39.0 Å². The van der Waals surface area contributed by atoms with Crippen LogP contribution in [0.4, 0.5) is 0 Å². The van der Waals surface area contributed by atoms with Gasteiger partial charge in [-0.15, -0.1) is 5.10 Å². The number of nitrogens with zero attached hydrogens (tertiary/aromatic N) is 2. The van der Waals surface area contributed by atoms with Crippen LogP contribution in [0.2, 0.25) is 0 Å². The van der Waals surface area contributed by atoms with Gasteiger partial charge >= 0.3 is 0 Å². The molecule has 98 valence electrons. The zero-order valence-electron chi connectivity index (χ0n) is 11.4. The fourth-order valence-electron chi connectivity index (χ4n) is 1.57. The van der Waals surface area contributed by atoms with E-state index in [4.69, 9.17) is 11.5 Å². The number of rotatable bonds is 4. The molecule has 0 saturated carbocycles. The van der Waals surface area contributed by atoms with Crippen LogP contribution in [0.5, 0.6) is 0 Å². The molecule has 0 aliphatic carbocycles. The molecule has 0 aliphatic rings. The Morgan fingerprint density at radius 1 is 1.17 bits per heavy atom. The minimum Gasteiger partial charge on any atom is -0.369 e. The smallest absolute Gasteiger partial charge is 0.211 e. The number of hydrogen-bond acceptors (Lipinski definition) is 2. The Bertz CT molecular complexity index is 420. The standard InChI is InChI=1S/C14H22N4/c1-14(2,3)12-8-6-11(7-9-12)5-4-10-17-18-13(15)16/h6-10H,4-5H2,1-3H3,(H4,15,16,18)/b17-10+. The van der Waals surface area contributed by atoms with E-state index in [0.29, 0.717) is 0 Å². The monoisotopic (exact) mass is 246 g/mol. The van der Waals surface area contributed by atoms with Crippen LogP contribution in [0.3, 0.4) is 0 Å². The quantitative estimate of drug-likeness (QED) is 0.485. The topological polar surface area (TPSA) is 76.8 Å². The van der Waals surface area contributed by atoms with Crippen molar-refractivity contribution in [3.8, 4) is 0 Å². The second-order valence-corrected chi connectivity index (χ2v) is 5.31. The average Bonchev–Trinajstić information content (AvgIpc) is 2.27. The van der Waals surface area contributed by atoms with Crippen LogP contribution >= 0.6 is 0 Å². The highest BCUT2D eigenvalue weighted by molar-refractivity contribution is 5.76. The number of aryl methyl sites for hydroxylation is 1. The second kappa shape index (κ2) is 6.19. The van der Waals surface area contributed by atoms with Gasteiger partial charge in [-0.25, -0.2) is 0 Å². The Kier molecular flexibility index (Phi) is 4.89. The Labute approximate surface area is 109 Å². The lowest BCUT2D eigenvalue weighted by Crippen LogP contribution is -2.21. The summed E-state index contributed by atoms with van der Waals surface area (Å²) in [5, 5.41) is 7.30. The third-order valence-corrected chi connectivity index (χ3v) is 2.64. The van der Waals surface area contributed by atoms with Gasteiger partial charge in [-0.3, -0.25) is 0 Å². The molecule has 0 radical (unpaired) electrons. The number of nitrogens with two attached hydrogens (primary N) is 2. The van der Waals surface area contributed by atoms with Gasteiger partial charge in [0.15, 0.2) is 0 Å². The number of hydrogen-bond donors (Lipinski definition) is 2. The van der Waals surface area contributed by atoms with E-state index in [0.717, 1.165) is 12.8 Å². The van der Waals surface area contributed by atoms with E-state index in [1.54, 1.807) is 6.21 Å². The zero-order chi connectivity index (χ0) is 13.6. The zero-order valence-corrected chi connectivity index (χ0v) is 11.4. The van der Waals surface area contributed by atoms with Crippen LogP contribution < -0.4 is 11.5 Å². The molecule has 0 bridgehead atoms. The predicted molar refractivity (Wildman–Crippen MR) is 77.8 cm³/mol. The van der Waals surface area contributed by atoms with Crippen LogP contribution in [0, 0.1) is 0 Å². The Morgan fingerprint density at radius 2 is 1.78 bits per heavy atom. The normalized spacial score (nSPS) is 11.7. The summed E-state index contributed by atoms with van der Waals surface area (Å²) in [6.45, 7) is 6.64. The number of benzene rings is 1. The molecule has 0 aromatic heterocycles. The van der Waals surface area contributed by atoms with Gasteiger partial charge in [0.1, 0.15) is 0 Å². The largest absolute Gasteiger partial charge is 0.369 e. The lowest BCUT2D eigenvalue weighted by Gasteiger charge is -2.19. The molecule has 4 nitrogen and oxygen atoms in total. The molecular formula is C14H22N4. The van der Waals surface area contributed by atoms with Crippen molar-refractivity contribution in [2.75, 3.05) is 0 Å². The third kappa shape index (κ3) is 4.99. The van der Waals surface area contributed by atoms with Crippen molar-refractivity contribution < 1.29 is 0 Å². The molecule has 1 aromatic carbocycles. The minimum atomic E-state index is -0.0132. The molecule has 0 aliphatic heterocycles. The Balaban J connectivity index is 2.50. The molecule has 0 heterocycles. The van der Waals surface area contributed by atoms with Gasteiger partial charge in [0.25, 0.3) is 0 Å². The third-order valence-electron chi connectivity index (χ3n) is 2.64. The summed E-state index contributed by atoms with van der Waals surface area (Å²) in [6, 6.07) is 8.69. The molecular weight excluding hydrogens is 224 g/mol. The van der Waals surface area contributed by atoms with E-state index in [9.17, 15) is 0 Å². The van der Waals surface area contributed by atoms with Crippen LogP contribution in [0.1, 0.15) is 38.3 Å². The van der Waals surface area contributed by atoms with Crippen molar-refractivity contribution in [1.29, 1.82) is 0 Å². The summed E-state index contributed by atoms with van der Waals surface area (Å²) in [6.07, 6.45) is 3.48. The first-order valence-corrected chi connectivity index (χ1v) is 6.09. The highest BCUT2D eigenvalue weighted by Gasteiger charge is 2.12. The Morgan fingerprint density at radius 3 is 2.28 bits per heavy atom. The lowest BCUT2D eigenvalue weighted by atomic mass is 9.86. The van der Waals surface area contributed by atoms with Crippen molar-refractivity contribution in [1.82, 2.24) is 0 Å². The first-order valence-electron chi connectivity index (χ1n) is 6.09. The molecule has 18 heavy (non-hydrogen) atoms. The summed E-state index contributed by atoms with van der Waals surface area (Å²) < 4.78 is 0. The van der Waals surface area contributed by atoms with Crippen LogP contribution in [0.25, 0.3) is 0 Å². The SMILES string of the molecule is CC(C)(C)c1ccc(CC/C=N/N=C(N)N)cc1. The molecule has 4 N–H and O–H groups in total. The van der Waals surface area contributed by atoms with Gasteiger partial charge < -0.3 is 11.5 Å².